The molecule has 2 aromatic carbocycles. The molecule has 0 saturated carbocycles. The van der Waals surface area contributed by atoms with Gasteiger partial charge in [-0.2, -0.15) is 0 Å². The molecule has 0 spiro atoms. The van der Waals surface area contributed by atoms with Gasteiger partial charge in [0.2, 0.25) is 10.0 Å². The Morgan fingerprint density at radius 3 is 2.29 bits per heavy atom. The van der Waals surface area contributed by atoms with Gasteiger partial charge >= 0.3 is 0 Å². The SMILES string of the molecule is COc1ccc(-n2c(C)cc([C@@H]3[C@H](c4ccccn4)NC(=S)N3c3ccc(NS(C)(=O)=O)cc3)c2C)cc1. The molecule has 8 nitrogen and oxygen atoms in total. The zero-order valence-corrected chi connectivity index (χ0v) is 23.2. The van der Waals surface area contributed by atoms with Gasteiger partial charge in [0.1, 0.15) is 5.75 Å². The molecule has 10 heteroatoms. The van der Waals surface area contributed by atoms with Gasteiger partial charge in [-0.05, 0) is 98.4 Å². The van der Waals surface area contributed by atoms with Crippen molar-refractivity contribution in [2.45, 2.75) is 25.9 Å². The van der Waals surface area contributed by atoms with E-state index in [0.29, 0.717) is 10.8 Å². The molecular formula is C28H29N5O3S2. The molecule has 2 aromatic heterocycles. The van der Waals surface area contributed by atoms with E-state index in [1.54, 1.807) is 25.4 Å². The predicted molar refractivity (Wildman–Crippen MR) is 155 cm³/mol. The maximum atomic E-state index is 11.7. The van der Waals surface area contributed by atoms with Crippen LogP contribution in [-0.2, 0) is 10.0 Å². The second-order valence-electron chi connectivity index (χ2n) is 9.28. The highest BCUT2D eigenvalue weighted by Gasteiger charge is 2.42. The van der Waals surface area contributed by atoms with Crippen molar-refractivity contribution >= 4 is 38.7 Å². The van der Waals surface area contributed by atoms with Gasteiger partial charge in [0.15, 0.2) is 5.11 Å². The Balaban J connectivity index is 1.61. The van der Waals surface area contributed by atoms with Crippen molar-refractivity contribution in [2.24, 2.45) is 0 Å². The van der Waals surface area contributed by atoms with Crippen molar-refractivity contribution in [3.63, 3.8) is 0 Å². The lowest BCUT2D eigenvalue weighted by molar-refractivity contribution is 0.414. The van der Waals surface area contributed by atoms with E-state index in [0.717, 1.165) is 46.0 Å². The van der Waals surface area contributed by atoms with Gasteiger partial charge in [-0.1, -0.05) is 6.07 Å². The Morgan fingerprint density at radius 1 is 1.00 bits per heavy atom. The predicted octanol–water partition coefficient (Wildman–Crippen LogP) is 5.05. The van der Waals surface area contributed by atoms with E-state index < -0.39 is 10.0 Å². The molecule has 1 aliphatic rings. The van der Waals surface area contributed by atoms with Crippen molar-refractivity contribution in [1.82, 2.24) is 14.9 Å². The van der Waals surface area contributed by atoms with Crippen LogP contribution in [0.2, 0.25) is 0 Å². The lowest BCUT2D eigenvalue weighted by atomic mass is 9.96. The summed E-state index contributed by atoms with van der Waals surface area (Å²) in [6.45, 7) is 4.20. The number of ether oxygens (including phenoxy) is 1. The molecule has 1 saturated heterocycles. The van der Waals surface area contributed by atoms with Crippen molar-refractivity contribution in [3.05, 3.63) is 102 Å². The number of nitrogens with zero attached hydrogens (tertiary/aromatic N) is 3. The molecule has 1 aliphatic heterocycles. The summed E-state index contributed by atoms with van der Waals surface area (Å²) in [5, 5.41) is 4.06. The summed E-state index contributed by atoms with van der Waals surface area (Å²) in [7, 11) is -1.72. The fourth-order valence-corrected chi connectivity index (χ4v) is 5.98. The number of aryl methyl sites for hydroxylation is 1. The smallest absolute Gasteiger partial charge is 0.229 e. The van der Waals surface area contributed by atoms with Gasteiger partial charge in [-0.15, -0.1) is 0 Å². The molecule has 1 fully saturated rings. The molecule has 2 atom stereocenters. The van der Waals surface area contributed by atoms with Gasteiger partial charge in [-0.3, -0.25) is 9.71 Å². The number of thiocarbonyl (C=S) groups is 1. The average molecular weight is 548 g/mol. The summed E-state index contributed by atoms with van der Waals surface area (Å²) >= 11 is 5.86. The molecule has 38 heavy (non-hydrogen) atoms. The van der Waals surface area contributed by atoms with Crippen LogP contribution in [0.15, 0.2) is 79.0 Å². The van der Waals surface area contributed by atoms with E-state index in [9.17, 15) is 8.42 Å². The molecule has 4 aromatic rings. The highest BCUT2D eigenvalue weighted by molar-refractivity contribution is 7.92. The normalized spacial score (nSPS) is 17.4. The molecule has 3 heterocycles. The number of anilines is 2. The zero-order chi connectivity index (χ0) is 27.0. The Bertz CT molecular complexity index is 1570. The summed E-state index contributed by atoms with van der Waals surface area (Å²) in [5.41, 5.74) is 6.55. The Morgan fingerprint density at radius 2 is 1.68 bits per heavy atom. The fraction of sp³-hybridized carbons (Fsp3) is 0.214. The minimum atomic E-state index is -3.38. The number of nitrogens with one attached hydrogen (secondary N) is 2. The van der Waals surface area contributed by atoms with Crippen LogP contribution < -0.4 is 19.7 Å². The third kappa shape index (κ3) is 4.97. The van der Waals surface area contributed by atoms with Crippen LogP contribution in [0.4, 0.5) is 11.4 Å². The Hall–Kier alpha value is -3.89. The second-order valence-corrected chi connectivity index (χ2v) is 11.4. The molecule has 5 rings (SSSR count). The molecule has 0 aliphatic carbocycles. The maximum absolute atomic E-state index is 11.7. The first-order valence-corrected chi connectivity index (χ1v) is 14.4. The minimum absolute atomic E-state index is 0.190. The minimum Gasteiger partial charge on any atom is -0.497 e. The number of sulfonamides is 1. The quantitative estimate of drug-likeness (QED) is 0.313. The number of methoxy groups -OCH3 is 1. The van der Waals surface area contributed by atoms with Gasteiger partial charge < -0.3 is 19.5 Å². The topological polar surface area (TPSA) is 88.5 Å². The average Bonchev–Trinajstić information content (AvgIpc) is 3.39. The number of aromatic nitrogens is 2. The molecule has 2 N–H and O–H groups in total. The van der Waals surface area contributed by atoms with Gasteiger partial charge in [0.05, 0.1) is 31.1 Å². The van der Waals surface area contributed by atoms with E-state index in [-0.39, 0.29) is 12.1 Å². The van der Waals surface area contributed by atoms with E-state index >= 15 is 0 Å². The number of rotatable bonds is 7. The second kappa shape index (κ2) is 10.1. The molecule has 0 unspecified atom stereocenters. The monoisotopic (exact) mass is 547 g/mol. The maximum Gasteiger partial charge on any atom is 0.229 e. The van der Waals surface area contributed by atoms with Crippen LogP contribution in [0.1, 0.15) is 34.7 Å². The first-order chi connectivity index (χ1) is 18.2. The standard InChI is InChI=1S/C28H29N5O3S2/c1-18-17-24(19(2)32(18)21-12-14-23(36-3)15-13-21)27-26(25-7-5-6-16-29-25)30-28(37)33(27)22-10-8-20(9-11-22)31-38(4,34)35/h5-17,26-27,31H,1-4H3,(H,30,37)/t26-,27+/m0/s1. The largest absolute Gasteiger partial charge is 0.497 e. The van der Waals surface area contributed by atoms with Crippen molar-refractivity contribution < 1.29 is 13.2 Å². The molecular weight excluding hydrogens is 518 g/mol. The van der Waals surface area contributed by atoms with Gasteiger partial charge in [0.25, 0.3) is 0 Å². The number of hydrogen-bond donors (Lipinski definition) is 2. The van der Waals surface area contributed by atoms with E-state index in [2.05, 4.69) is 44.4 Å². The van der Waals surface area contributed by atoms with Crippen LogP contribution in [-0.4, -0.2) is 36.4 Å². The number of pyridine rings is 1. The molecule has 0 radical (unpaired) electrons. The van der Waals surface area contributed by atoms with Crippen LogP contribution in [0.5, 0.6) is 5.75 Å². The lowest BCUT2D eigenvalue weighted by Gasteiger charge is -2.28. The summed E-state index contributed by atoms with van der Waals surface area (Å²) in [4.78, 5) is 6.73. The number of benzene rings is 2. The van der Waals surface area contributed by atoms with Gasteiger partial charge in [-0.25, -0.2) is 8.42 Å². The molecule has 196 valence electrons. The van der Waals surface area contributed by atoms with Crippen LogP contribution in [0.3, 0.4) is 0 Å². The lowest BCUT2D eigenvalue weighted by Crippen LogP contribution is -2.29. The van der Waals surface area contributed by atoms with E-state index in [1.165, 1.54) is 0 Å². The summed E-state index contributed by atoms with van der Waals surface area (Å²) in [5.74, 6) is 0.803. The van der Waals surface area contributed by atoms with Crippen LogP contribution in [0, 0.1) is 13.8 Å². The van der Waals surface area contributed by atoms with Crippen molar-refractivity contribution in [1.29, 1.82) is 0 Å². The van der Waals surface area contributed by atoms with Crippen LogP contribution >= 0.6 is 12.2 Å². The third-order valence-electron chi connectivity index (χ3n) is 6.67. The zero-order valence-electron chi connectivity index (χ0n) is 21.5. The van der Waals surface area contributed by atoms with Crippen molar-refractivity contribution in [2.75, 3.05) is 23.0 Å². The molecule has 0 amide bonds. The third-order valence-corrected chi connectivity index (χ3v) is 7.59. The first-order valence-electron chi connectivity index (χ1n) is 12.1. The van der Waals surface area contributed by atoms with E-state index in [4.69, 9.17) is 17.0 Å². The van der Waals surface area contributed by atoms with Gasteiger partial charge in [0, 0.05) is 34.6 Å². The van der Waals surface area contributed by atoms with E-state index in [1.807, 2.05) is 54.6 Å². The summed E-state index contributed by atoms with van der Waals surface area (Å²) in [6.07, 6.45) is 2.92. The Kier molecular flexibility index (Phi) is 6.85. The summed E-state index contributed by atoms with van der Waals surface area (Å²) < 4.78 is 33.5. The fourth-order valence-electron chi connectivity index (χ4n) is 5.07. The van der Waals surface area contributed by atoms with Crippen molar-refractivity contribution in [3.8, 4) is 11.4 Å². The first kappa shape index (κ1) is 25.7. The van der Waals surface area contributed by atoms with Crippen LogP contribution in [0.25, 0.3) is 5.69 Å². The Labute approximate surface area is 228 Å². The highest BCUT2D eigenvalue weighted by atomic mass is 32.2. The highest BCUT2D eigenvalue weighted by Crippen LogP contribution is 2.44. The number of hydrogen-bond acceptors (Lipinski definition) is 5. The molecule has 0 bridgehead atoms. The summed E-state index contributed by atoms with van der Waals surface area (Å²) in [6, 6.07) is 22.9.